The molecule has 1 saturated heterocycles. The van der Waals surface area contributed by atoms with Crippen molar-refractivity contribution < 1.29 is 4.79 Å². The molecule has 1 aromatic heterocycles. The molecule has 0 aliphatic carbocycles. The Hall–Kier alpha value is -2.31. The Morgan fingerprint density at radius 1 is 1.17 bits per heavy atom. The molecule has 0 radical (unpaired) electrons. The molecule has 1 aliphatic heterocycles. The molecule has 2 aromatic rings. The van der Waals surface area contributed by atoms with E-state index in [0.717, 1.165) is 43.1 Å². The zero-order valence-corrected chi connectivity index (χ0v) is 13.3. The van der Waals surface area contributed by atoms with Gasteiger partial charge in [0.25, 0.3) is 5.91 Å². The summed E-state index contributed by atoms with van der Waals surface area (Å²) in [5.41, 5.74) is 8.61. The van der Waals surface area contributed by atoms with Gasteiger partial charge in [-0.1, -0.05) is 12.1 Å². The number of likely N-dealkylation sites (N-methyl/N-ethyl adjacent to an activating group) is 1. The maximum Gasteiger partial charge on any atom is 0.253 e. The summed E-state index contributed by atoms with van der Waals surface area (Å²) in [6.45, 7) is 3.74. The molecule has 2 heterocycles. The van der Waals surface area contributed by atoms with Gasteiger partial charge in [0.2, 0.25) is 0 Å². The first kappa shape index (κ1) is 15.6. The van der Waals surface area contributed by atoms with Crippen molar-refractivity contribution in [3.8, 4) is 11.3 Å². The molecular formula is C17H21N5O. The molecule has 2 N–H and O–H groups in total. The van der Waals surface area contributed by atoms with Crippen LogP contribution < -0.4 is 5.73 Å². The minimum Gasteiger partial charge on any atom is -0.336 e. The number of hydrogen-bond donors (Lipinski definition) is 1. The number of benzene rings is 1. The second-order valence-corrected chi connectivity index (χ2v) is 5.77. The second-order valence-electron chi connectivity index (χ2n) is 5.77. The monoisotopic (exact) mass is 311 g/mol. The first-order valence-electron chi connectivity index (χ1n) is 7.76. The third-order valence-corrected chi connectivity index (χ3v) is 4.11. The molecule has 1 amide bonds. The number of piperazine rings is 1. The fraction of sp³-hybridized carbons (Fsp3) is 0.353. The van der Waals surface area contributed by atoms with Crippen LogP contribution in [-0.2, 0) is 6.54 Å². The van der Waals surface area contributed by atoms with E-state index >= 15 is 0 Å². The highest BCUT2D eigenvalue weighted by Gasteiger charge is 2.20. The van der Waals surface area contributed by atoms with E-state index in [2.05, 4.69) is 21.9 Å². The van der Waals surface area contributed by atoms with Gasteiger partial charge in [0.15, 0.2) is 0 Å². The smallest absolute Gasteiger partial charge is 0.253 e. The summed E-state index contributed by atoms with van der Waals surface area (Å²) in [6, 6.07) is 7.56. The van der Waals surface area contributed by atoms with E-state index in [0.29, 0.717) is 12.1 Å². The van der Waals surface area contributed by atoms with Crippen LogP contribution in [0.5, 0.6) is 0 Å². The second kappa shape index (κ2) is 6.85. The van der Waals surface area contributed by atoms with E-state index in [1.807, 2.05) is 29.2 Å². The Bertz CT molecular complexity index is 678. The van der Waals surface area contributed by atoms with Crippen molar-refractivity contribution in [1.82, 2.24) is 19.8 Å². The highest BCUT2D eigenvalue weighted by Crippen LogP contribution is 2.19. The van der Waals surface area contributed by atoms with Gasteiger partial charge in [-0.05, 0) is 19.2 Å². The molecular weight excluding hydrogens is 290 g/mol. The minimum absolute atomic E-state index is 0.0755. The van der Waals surface area contributed by atoms with Crippen molar-refractivity contribution in [2.75, 3.05) is 33.2 Å². The number of rotatable bonds is 3. The maximum absolute atomic E-state index is 12.6. The molecule has 6 nitrogen and oxygen atoms in total. The van der Waals surface area contributed by atoms with Crippen LogP contribution in [0.1, 0.15) is 16.1 Å². The van der Waals surface area contributed by atoms with Gasteiger partial charge in [0.05, 0.1) is 23.8 Å². The molecule has 1 aromatic carbocycles. The lowest BCUT2D eigenvalue weighted by atomic mass is 10.1. The van der Waals surface area contributed by atoms with Crippen molar-refractivity contribution in [1.29, 1.82) is 0 Å². The molecule has 3 rings (SSSR count). The van der Waals surface area contributed by atoms with Gasteiger partial charge >= 0.3 is 0 Å². The average molecular weight is 311 g/mol. The van der Waals surface area contributed by atoms with Crippen LogP contribution in [0.15, 0.2) is 36.7 Å². The summed E-state index contributed by atoms with van der Waals surface area (Å²) in [5, 5.41) is 0. The minimum atomic E-state index is 0.0755. The standard InChI is InChI=1S/C17H21N5O/c1-21-5-7-22(8-6-21)17(23)14-4-2-3-13(9-14)16-12-19-15(10-18)11-20-16/h2-4,9,11-12H,5-8,10,18H2,1H3. The van der Waals surface area contributed by atoms with Crippen molar-refractivity contribution in [2.45, 2.75) is 6.54 Å². The summed E-state index contributed by atoms with van der Waals surface area (Å²) < 4.78 is 0. The molecule has 120 valence electrons. The molecule has 0 atom stereocenters. The summed E-state index contributed by atoms with van der Waals surface area (Å²) in [4.78, 5) is 25.4. The molecule has 0 bridgehead atoms. The zero-order valence-electron chi connectivity index (χ0n) is 13.3. The highest BCUT2D eigenvalue weighted by molar-refractivity contribution is 5.95. The number of carbonyl (C=O) groups is 1. The van der Waals surface area contributed by atoms with Crippen LogP contribution in [0, 0.1) is 0 Å². The number of nitrogens with two attached hydrogens (primary N) is 1. The van der Waals surface area contributed by atoms with E-state index in [4.69, 9.17) is 5.73 Å². The fourth-order valence-electron chi connectivity index (χ4n) is 2.61. The number of nitrogens with zero attached hydrogens (tertiary/aromatic N) is 4. The molecule has 0 spiro atoms. The summed E-state index contributed by atoms with van der Waals surface area (Å²) in [6.07, 6.45) is 3.37. The van der Waals surface area contributed by atoms with Gasteiger partial charge in [-0.3, -0.25) is 14.8 Å². The van der Waals surface area contributed by atoms with Crippen molar-refractivity contribution in [3.63, 3.8) is 0 Å². The molecule has 1 aliphatic rings. The van der Waals surface area contributed by atoms with E-state index in [1.54, 1.807) is 12.4 Å². The number of carbonyl (C=O) groups excluding carboxylic acids is 1. The number of amides is 1. The summed E-state index contributed by atoms with van der Waals surface area (Å²) in [5.74, 6) is 0.0755. The van der Waals surface area contributed by atoms with Crippen LogP contribution >= 0.6 is 0 Å². The SMILES string of the molecule is CN1CCN(C(=O)c2cccc(-c3cnc(CN)cn3)c2)CC1. The van der Waals surface area contributed by atoms with Crippen LogP contribution in [0.2, 0.25) is 0 Å². The van der Waals surface area contributed by atoms with Crippen LogP contribution in [-0.4, -0.2) is 58.9 Å². The van der Waals surface area contributed by atoms with Gasteiger partial charge in [0.1, 0.15) is 0 Å². The lowest BCUT2D eigenvalue weighted by Gasteiger charge is -2.32. The van der Waals surface area contributed by atoms with E-state index < -0.39 is 0 Å². The highest BCUT2D eigenvalue weighted by atomic mass is 16.2. The van der Waals surface area contributed by atoms with Gasteiger partial charge in [-0.15, -0.1) is 0 Å². The topological polar surface area (TPSA) is 75.3 Å². The van der Waals surface area contributed by atoms with Gasteiger partial charge < -0.3 is 15.5 Å². The van der Waals surface area contributed by atoms with Crippen molar-refractivity contribution in [3.05, 3.63) is 47.9 Å². The largest absolute Gasteiger partial charge is 0.336 e. The van der Waals surface area contributed by atoms with E-state index in [9.17, 15) is 4.79 Å². The number of aromatic nitrogens is 2. The lowest BCUT2D eigenvalue weighted by molar-refractivity contribution is 0.0664. The quantitative estimate of drug-likeness (QED) is 0.915. The molecule has 6 heteroatoms. The molecule has 1 fully saturated rings. The Labute approximate surface area is 135 Å². The Kier molecular flexibility index (Phi) is 4.64. The molecule has 0 saturated carbocycles. The van der Waals surface area contributed by atoms with Gasteiger partial charge in [-0.25, -0.2) is 0 Å². The predicted octanol–water partition coefficient (Wildman–Crippen LogP) is 0.990. The molecule has 0 unspecified atom stereocenters. The van der Waals surface area contributed by atoms with Crippen molar-refractivity contribution >= 4 is 5.91 Å². The van der Waals surface area contributed by atoms with Gasteiger partial charge in [0, 0.05) is 43.9 Å². The third kappa shape index (κ3) is 3.55. The number of hydrogen-bond acceptors (Lipinski definition) is 5. The van der Waals surface area contributed by atoms with Crippen molar-refractivity contribution in [2.24, 2.45) is 5.73 Å². The Balaban J connectivity index is 1.80. The van der Waals surface area contributed by atoms with Gasteiger partial charge in [-0.2, -0.15) is 0 Å². The Morgan fingerprint density at radius 2 is 1.96 bits per heavy atom. The lowest BCUT2D eigenvalue weighted by Crippen LogP contribution is -2.47. The first-order chi connectivity index (χ1) is 11.2. The third-order valence-electron chi connectivity index (χ3n) is 4.11. The zero-order chi connectivity index (χ0) is 16.2. The van der Waals surface area contributed by atoms with Crippen LogP contribution in [0.25, 0.3) is 11.3 Å². The Morgan fingerprint density at radius 3 is 2.61 bits per heavy atom. The first-order valence-corrected chi connectivity index (χ1v) is 7.76. The fourth-order valence-corrected chi connectivity index (χ4v) is 2.61. The molecule has 23 heavy (non-hydrogen) atoms. The van der Waals surface area contributed by atoms with E-state index in [-0.39, 0.29) is 5.91 Å². The average Bonchev–Trinajstić information content (AvgIpc) is 2.62. The van der Waals surface area contributed by atoms with Crippen LogP contribution in [0.4, 0.5) is 0 Å². The summed E-state index contributed by atoms with van der Waals surface area (Å²) in [7, 11) is 2.08. The predicted molar refractivity (Wildman–Crippen MR) is 88.8 cm³/mol. The normalized spacial score (nSPS) is 15.7. The van der Waals surface area contributed by atoms with Crippen LogP contribution in [0.3, 0.4) is 0 Å². The van der Waals surface area contributed by atoms with E-state index in [1.165, 1.54) is 0 Å². The maximum atomic E-state index is 12.6. The summed E-state index contributed by atoms with van der Waals surface area (Å²) >= 11 is 0.